The zero-order valence-electron chi connectivity index (χ0n) is 28.6. The normalized spacial score (nSPS) is 13.1. The van der Waals surface area contributed by atoms with E-state index in [4.69, 9.17) is 11.1 Å². The Morgan fingerprint density at radius 2 is 1.35 bits per heavy atom. The van der Waals surface area contributed by atoms with Crippen molar-refractivity contribution in [3.05, 3.63) is 181 Å². The molecule has 5 heteroatoms. The second kappa shape index (κ2) is 13.0. The molecule has 0 amide bonds. The predicted molar refractivity (Wildman–Crippen MR) is 213 cm³/mol. The van der Waals surface area contributed by atoms with E-state index in [-0.39, 0.29) is 11.3 Å². The fraction of sp³-hybridized carbons (Fsp3) is 0.0652. The molecule has 0 atom stereocenters. The first-order valence-electron chi connectivity index (χ1n) is 17.1. The molecule has 0 saturated carbocycles. The van der Waals surface area contributed by atoms with E-state index in [0.29, 0.717) is 5.82 Å². The Kier molecular flexibility index (Phi) is 8.09. The lowest BCUT2D eigenvalue weighted by Gasteiger charge is -2.26. The largest absolute Gasteiger partial charge is 0.404 e. The fourth-order valence-corrected chi connectivity index (χ4v) is 7.44. The summed E-state index contributed by atoms with van der Waals surface area (Å²) in [4.78, 5) is 10.3. The van der Waals surface area contributed by atoms with E-state index in [9.17, 15) is 0 Å². The van der Waals surface area contributed by atoms with Crippen LogP contribution in [-0.2, 0) is 5.41 Å². The van der Waals surface area contributed by atoms with Crippen molar-refractivity contribution in [1.82, 2.24) is 9.97 Å². The van der Waals surface area contributed by atoms with Crippen molar-refractivity contribution in [3.63, 3.8) is 0 Å². The van der Waals surface area contributed by atoms with Gasteiger partial charge in [-0.05, 0) is 96.9 Å². The Bertz CT molecular complexity index is 2420. The fourth-order valence-electron chi connectivity index (χ4n) is 7.44. The van der Waals surface area contributed by atoms with Crippen LogP contribution in [0.2, 0.25) is 0 Å². The first kappa shape index (κ1) is 31.7. The van der Waals surface area contributed by atoms with Gasteiger partial charge in [-0.25, -0.2) is 9.97 Å². The van der Waals surface area contributed by atoms with Gasteiger partial charge in [-0.15, -0.1) is 0 Å². The molecule has 7 aromatic rings. The Balaban J connectivity index is 1.18. The van der Waals surface area contributed by atoms with Gasteiger partial charge in [0.25, 0.3) is 0 Å². The number of hydrogen-bond donors (Lipinski definition) is 2. The number of nitrogens with one attached hydrogen (secondary N) is 1. The predicted octanol–water partition coefficient (Wildman–Crippen LogP) is 11.0. The summed E-state index contributed by atoms with van der Waals surface area (Å²) >= 11 is 0. The van der Waals surface area contributed by atoms with Crippen LogP contribution in [0.3, 0.4) is 0 Å². The van der Waals surface area contributed by atoms with Gasteiger partial charge in [0.15, 0.2) is 0 Å². The lowest BCUT2D eigenvalue weighted by atomic mass is 9.81. The Hall–Kier alpha value is -6.59. The standard InChI is InChI=1S/C46H37N5/c1-46(2)41-28-31(17-21-39(41)40-23-20-35(29-42(40)46)51(43(48)24-26-47)44-25-27-49-30-50-44)16-18-34-19-22-38(33-12-7-4-8-13-33)45-36(14-9-15-37(34)45)32-10-5-3-6-11-32/h3-30,48H,47H2,1-2H3/b18-16+,26-24-,48-43?. The number of rotatable bonds is 7. The van der Waals surface area contributed by atoms with Crippen molar-refractivity contribution in [2.75, 3.05) is 4.90 Å². The first-order valence-corrected chi connectivity index (χ1v) is 17.1. The summed E-state index contributed by atoms with van der Waals surface area (Å²) in [5.41, 5.74) is 18.4. The molecule has 0 aliphatic heterocycles. The third-order valence-corrected chi connectivity index (χ3v) is 9.93. The highest BCUT2D eigenvalue weighted by Crippen LogP contribution is 2.50. The zero-order valence-corrected chi connectivity index (χ0v) is 28.6. The molecule has 8 rings (SSSR count). The quantitative estimate of drug-likeness (QED) is 0.101. The van der Waals surface area contributed by atoms with Crippen molar-refractivity contribution >= 4 is 40.3 Å². The van der Waals surface area contributed by atoms with Gasteiger partial charge >= 0.3 is 0 Å². The van der Waals surface area contributed by atoms with Gasteiger partial charge in [-0.2, -0.15) is 0 Å². The molecule has 1 aliphatic rings. The number of amidine groups is 1. The molecule has 0 fully saturated rings. The summed E-state index contributed by atoms with van der Waals surface area (Å²) in [5.74, 6) is 0.825. The second-order valence-electron chi connectivity index (χ2n) is 13.3. The van der Waals surface area contributed by atoms with Crippen molar-refractivity contribution < 1.29 is 0 Å². The van der Waals surface area contributed by atoms with Gasteiger partial charge in [0.2, 0.25) is 0 Å². The molecule has 246 valence electrons. The van der Waals surface area contributed by atoms with Crippen LogP contribution in [0.15, 0.2) is 158 Å². The van der Waals surface area contributed by atoms with Crippen LogP contribution >= 0.6 is 0 Å². The average molecular weight is 660 g/mol. The Morgan fingerprint density at radius 3 is 2.04 bits per heavy atom. The van der Waals surface area contributed by atoms with Gasteiger partial charge in [0.1, 0.15) is 18.0 Å². The van der Waals surface area contributed by atoms with Gasteiger partial charge < -0.3 is 5.73 Å². The molecule has 1 aliphatic carbocycles. The van der Waals surface area contributed by atoms with Crippen LogP contribution < -0.4 is 10.6 Å². The zero-order chi connectivity index (χ0) is 35.0. The minimum Gasteiger partial charge on any atom is -0.404 e. The van der Waals surface area contributed by atoms with Crippen molar-refractivity contribution in [3.8, 4) is 33.4 Å². The van der Waals surface area contributed by atoms with Crippen LogP contribution in [0.25, 0.3) is 56.3 Å². The van der Waals surface area contributed by atoms with E-state index >= 15 is 0 Å². The number of nitrogens with two attached hydrogens (primary N) is 1. The van der Waals surface area contributed by atoms with Crippen molar-refractivity contribution in [2.45, 2.75) is 19.3 Å². The summed E-state index contributed by atoms with van der Waals surface area (Å²) in [5, 5.41) is 11.2. The van der Waals surface area contributed by atoms with E-state index in [1.807, 2.05) is 6.07 Å². The van der Waals surface area contributed by atoms with Gasteiger partial charge in [0, 0.05) is 17.3 Å². The van der Waals surface area contributed by atoms with Gasteiger partial charge in [0.05, 0.1) is 0 Å². The topological polar surface area (TPSA) is 78.9 Å². The molecular formula is C46H37N5. The minimum absolute atomic E-state index is 0.220. The first-order chi connectivity index (χ1) is 24.9. The summed E-state index contributed by atoms with van der Waals surface area (Å²) < 4.78 is 0. The smallest absolute Gasteiger partial charge is 0.142 e. The van der Waals surface area contributed by atoms with Gasteiger partial charge in [-0.3, -0.25) is 10.3 Å². The van der Waals surface area contributed by atoms with E-state index < -0.39 is 0 Å². The van der Waals surface area contributed by atoms with Crippen LogP contribution in [0.4, 0.5) is 11.5 Å². The molecule has 0 spiro atoms. The lowest BCUT2D eigenvalue weighted by Crippen LogP contribution is -2.25. The molecule has 1 aromatic heterocycles. The molecule has 0 bridgehead atoms. The van der Waals surface area contributed by atoms with E-state index in [0.717, 1.165) is 11.3 Å². The average Bonchev–Trinajstić information content (AvgIpc) is 3.39. The molecule has 0 saturated heterocycles. The van der Waals surface area contributed by atoms with Crippen molar-refractivity contribution in [1.29, 1.82) is 5.41 Å². The highest BCUT2D eigenvalue weighted by molar-refractivity contribution is 6.10. The van der Waals surface area contributed by atoms with Gasteiger partial charge in [-0.1, -0.05) is 141 Å². The molecule has 0 radical (unpaired) electrons. The summed E-state index contributed by atoms with van der Waals surface area (Å²) in [6.45, 7) is 4.55. The number of anilines is 2. The van der Waals surface area contributed by atoms with Crippen LogP contribution in [0, 0.1) is 5.41 Å². The molecule has 5 nitrogen and oxygen atoms in total. The van der Waals surface area contributed by atoms with Crippen LogP contribution in [0.1, 0.15) is 36.1 Å². The number of hydrogen-bond acceptors (Lipinski definition) is 4. The second-order valence-corrected chi connectivity index (χ2v) is 13.3. The Labute approximate surface area is 298 Å². The molecule has 0 unspecified atom stereocenters. The Morgan fingerprint density at radius 1 is 0.686 bits per heavy atom. The monoisotopic (exact) mass is 659 g/mol. The number of aromatic nitrogens is 2. The third-order valence-electron chi connectivity index (χ3n) is 9.93. The maximum absolute atomic E-state index is 8.74. The maximum Gasteiger partial charge on any atom is 0.142 e. The molecule has 1 heterocycles. The number of nitrogens with zero attached hydrogens (tertiary/aromatic N) is 3. The summed E-state index contributed by atoms with van der Waals surface area (Å²) in [6.07, 6.45) is 10.6. The van der Waals surface area contributed by atoms with Crippen LogP contribution in [-0.4, -0.2) is 15.8 Å². The number of benzene rings is 6. The SMILES string of the molecule is CC1(C)c2cc(/C=C/c3ccc(-c4ccccc4)c4c(-c5ccccc5)cccc34)ccc2-c2ccc(N(C(=N)/C=C\N)c3ccncn3)cc21. The van der Waals surface area contributed by atoms with E-state index in [1.54, 1.807) is 23.2 Å². The highest BCUT2D eigenvalue weighted by Gasteiger charge is 2.36. The molecular weight excluding hydrogens is 623 g/mol. The lowest BCUT2D eigenvalue weighted by molar-refractivity contribution is 0.660. The molecule has 51 heavy (non-hydrogen) atoms. The van der Waals surface area contributed by atoms with E-state index in [1.165, 1.54) is 73.4 Å². The van der Waals surface area contributed by atoms with Crippen molar-refractivity contribution in [2.24, 2.45) is 5.73 Å². The summed E-state index contributed by atoms with van der Waals surface area (Å²) in [7, 11) is 0. The summed E-state index contributed by atoms with van der Waals surface area (Å²) in [6, 6.07) is 47.4. The number of fused-ring (bicyclic) bond motifs is 4. The highest BCUT2D eigenvalue weighted by atomic mass is 15.2. The minimum atomic E-state index is -0.262. The third kappa shape index (κ3) is 5.69. The van der Waals surface area contributed by atoms with Crippen LogP contribution in [0.5, 0.6) is 0 Å². The molecule has 3 N–H and O–H groups in total. The maximum atomic E-state index is 8.74. The van der Waals surface area contributed by atoms with E-state index in [2.05, 4.69) is 157 Å². The molecule has 6 aromatic carbocycles.